The molecule has 0 saturated carbocycles. The number of fused-ring (bicyclic) bond motifs is 1. The predicted octanol–water partition coefficient (Wildman–Crippen LogP) is 4.70. The van der Waals surface area contributed by atoms with Gasteiger partial charge < -0.3 is 19.7 Å². The maximum Gasteiger partial charge on any atom is 0.248 e. The fraction of sp³-hybridized carbons (Fsp3) is 0.304. The molecule has 2 aromatic carbocycles. The van der Waals surface area contributed by atoms with Crippen LogP contribution < -0.4 is 19.7 Å². The van der Waals surface area contributed by atoms with Gasteiger partial charge in [0.2, 0.25) is 11.8 Å². The van der Waals surface area contributed by atoms with Crippen LogP contribution in [0.3, 0.4) is 0 Å². The van der Waals surface area contributed by atoms with Gasteiger partial charge in [0.15, 0.2) is 11.5 Å². The summed E-state index contributed by atoms with van der Waals surface area (Å²) in [6, 6.07) is 9.04. The van der Waals surface area contributed by atoms with Gasteiger partial charge in [0.1, 0.15) is 0 Å². The van der Waals surface area contributed by atoms with E-state index >= 15 is 0 Å². The second-order valence-corrected chi connectivity index (χ2v) is 7.69. The van der Waals surface area contributed by atoms with Crippen molar-refractivity contribution in [1.82, 2.24) is 0 Å². The molecule has 0 aliphatic carbocycles. The lowest BCUT2D eigenvalue weighted by Crippen LogP contribution is -2.25. The van der Waals surface area contributed by atoms with Gasteiger partial charge in [-0.2, -0.15) is 0 Å². The predicted molar refractivity (Wildman–Crippen MR) is 120 cm³/mol. The van der Waals surface area contributed by atoms with E-state index in [1.807, 2.05) is 26.0 Å². The van der Waals surface area contributed by atoms with Crippen LogP contribution in [0, 0.1) is 0 Å². The van der Waals surface area contributed by atoms with E-state index in [0.717, 1.165) is 17.7 Å². The number of carbonyl (C=O) groups excluding carboxylic acids is 2. The molecule has 7 heteroatoms. The van der Waals surface area contributed by atoms with Crippen LogP contribution in [0.5, 0.6) is 11.5 Å². The molecule has 2 amide bonds. The quantitative estimate of drug-likeness (QED) is 0.677. The molecule has 1 aliphatic rings. The molecule has 3 rings (SSSR count). The van der Waals surface area contributed by atoms with Crippen molar-refractivity contribution in [3.8, 4) is 11.5 Å². The summed E-state index contributed by atoms with van der Waals surface area (Å²) in [4.78, 5) is 25.8. The molecule has 0 saturated heterocycles. The van der Waals surface area contributed by atoms with E-state index in [1.165, 1.54) is 6.08 Å². The molecule has 0 bridgehead atoms. The number of carbonyl (C=O) groups is 2. The first-order valence-corrected chi connectivity index (χ1v) is 10.1. The summed E-state index contributed by atoms with van der Waals surface area (Å²) in [7, 11) is 1.54. The van der Waals surface area contributed by atoms with Crippen molar-refractivity contribution < 1.29 is 19.1 Å². The molecule has 1 N–H and O–H groups in total. The molecule has 6 nitrogen and oxygen atoms in total. The second kappa shape index (κ2) is 9.22. The average molecular weight is 429 g/mol. The molecule has 0 fully saturated rings. The van der Waals surface area contributed by atoms with Gasteiger partial charge in [-0.3, -0.25) is 9.59 Å². The molecule has 30 heavy (non-hydrogen) atoms. The Balaban J connectivity index is 1.71. The smallest absolute Gasteiger partial charge is 0.248 e. The van der Waals surface area contributed by atoms with Gasteiger partial charge >= 0.3 is 0 Å². The molecule has 0 atom stereocenters. The van der Waals surface area contributed by atoms with Gasteiger partial charge in [-0.25, -0.2) is 0 Å². The van der Waals surface area contributed by atoms with E-state index < -0.39 is 0 Å². The maximum absolute atomic E-state index is 12.4. The maximum atomic E-state index is 12.4. The minimum Gasteiger partial charge on any atom is -0.493 e. The molecular formula is C23H25ClN2O4. The summed E-state index contributed by atoms with van der Waals surface area (Å²) >= 11 is 6.32. The number of benzene rings is 2. The Morgan fingerprint density at radius 2 is 2.00 bits per heavy atom. The highest BCUT2D eigenvalue weighted by Gasteiger charge is 2.22. The molecule has 0 aromatic heterocycles. The zero-order chi connectivity index (χ0) is 21.8. The summed E-state index contributed by atoms with van der Waals surface area (Å²) in [5, 5.41) is 3.26. The van der Waals surface area contributed by atoms with Crippen molar-refractivity contribution in [3.05, 3.63) is 52.6 Å². The molecule has 1 aliphatic heterocycles. The average Bonchev–Trinajstić information content (AvgIpc) is 3.11. The number of anilines is 2. The van der Waals surface area contributed by atoms with E-state index in [9.17, 15) is 9.59 Å². The lowest BCUT2D eigenvalue weighted by atomic mass is 10.1. The highest BCUT2D eigenvalue weighted by molar-refractivity contribution is 6.32. The highest BCUT2D eigenvalue weighted by atomic mass is 35.5. The molecule has 0 radical (unpaired) electrons. The Labute approximate surface area is 181 Å². The van der Waals surface area contributed by atoms with Gasteiger partial charge in [0.25, 0.3) is 0 Å². The first-order chi connectivity index (χ1) is 14.3. The molecule has 158 valence electrons. The summed E-state index contributed by atoms with van der Waals surface area (Å²) in [6.07, 6.45) is 3.83. The summed E-state index contributed by atoms with van der Waals surface area (Å²) in [5.41, 5.74) is 3.35. The minimum atomic E-state index is -0.269. The highest BCUT2D eigenvalue weighted by Crippen LogP contribution is 2.37. The van der Waals surface area contributed by atoms with Gasteiger partial charge in [-0.1, -0.05) is 11.6 Å². The van der Waals surface area contributed by atoms with E-state index in [2.05, 4.69) is 5.32 Å². The summed E-state index contributed by atoms with van der Waals surface area (Å²) in [5.74, 6) is 0.736. The zero-order valence-corrected chi connectivity index (χ0v) is 18.2. The van der Waals surface area contributed by atoms with Crippen LogP contribution in [-0.2, 0) is 16.0 Å². The van der Waals surface area contributed by atoms with Crippen LogP contribution in [0.1, 0.15) is 31.9 Å². The summed E-state index contributed by atoms with van der Waals surface area (Å²) < 4.78 is 11.1. The topological polar surface area (TPSA) is 67.9 Å². The molecule has 0 spiro atoms. The zero-order valence-electron chi connectivity index (χ0n) is 17.5. The van der Waals surface area contributed by atoms with E-state index in [0.29, 0.717) is 34.3 Å². The number of nitrogens with one attached hydrogen (secondary N) is 1. The van der Waals surface area contributed by atoms with E-state index in [4.69, 9.17) is 21.1 Å². The Morgan fingerprint density at radius 3 is 2.67 bits per heavy atom. The Hall–Kier alpha value is -2.99. The van der Waals surface area contributed by atoms with Crippen molar-refractivity contribution in [3.63, 3.8) is 0 Å². The van der Waals surface area contributed by atoms with E-state index in [-0.39, 0.29) is 17.9 Å². The number of methoxy groups -OCH3 is 1. The summed E-state index contributed by atoms with van der Waals surface area (Å²) in [6.45, 7) is 6.04. The molecular weight excluding hydrogens is 404 g/mol. The van der Waals surface area contributed by atoms with Crippen LogP contribution >= 0.6 is 11.6 Å². The SMILES string of the molecule is COc1cc(/C=C/C(=O)Nc2ccc3c(c2)CCN3C(C)=O)cc(Cl)c1OC(C)C. The van der Waals surface area contributed by atoms with Gasteiger partial charge in [-0.15, -0.1) is 0 Å². The molecule has 0 unspecified atom stereocenters. The van der Waals surface area contributed by atoms with Crippen molar-refractivity contribution in [2.75, 3.05) is 23.9 Å². The van der Waals surface area contributed by atoms with E-state index in [1.54, 1.807) is 43.2 Å². The minimum absolute atomic E-state index is 0.0207. The Bertz CT molecular complexity index is 1000. The number of hydrogen-bond donors (Lipinski definition) is 1. The third-order valence-electron chi connectivity index (χ3n) is 4.66. The number of rotatable bonds is 6. The van der Waals surface area contributed by atoms with Crippen LogP contribution in [0.2, 0.25) is 5.02 Å². The first-order valence-electron chi connectivity index (χ1n) is 9.72. The number of ether oxygens (including phenoxy) is 2. The molecule has 2 aromatic rings. The third-order valence-corrected chi connectivity index (χ3v) is 4.94. The number of halogens is 1. The number of hydrogen-bond acceptors (Lipinski definition) is 4. The number of amides is 2. The fourth-order valence-corrected chi connectivity index (χ4v) is 3.61. The third kappa shape index (κ3) is 4.94. The Kier molecular flexibility index (Phi) is 6.67. The van der Waals surface area contributed by atoms with Crippen LogP contribution in [0.4, 0.5) is 11.4 Å². The van der Waals surface area contributed by atoms with Gasteiger partial charge in [0, 0.05) is 30.9 Å². The van der Waals surface area contributed by atoms with Crippen LogP contribution in [0.25, 0.3) is 6.08 Å². The van der Waals surface area contributed by atoms with Gasteiger partial charge in [0.05, 0.1) is 18.2 Å². The lowest BCUT2D eigenvalue weighted by Gasteiger charge is -2.15. The largest absolute Gasteiger partial charge is 0.493 e. The van der Waals surface area contributed by atoms with Crippen molar-refractivity contribution in [1.29, 1.82) is 0 Å². The van der Waals surface area contributed by atoms with Crippen molar-refractivity contribution >= 4 is 40.9 Å². The van der Waals surface area contributed by atoms with Crippen LogP contribution in [-0.4, -0.2) is 31.6 Å². The Morgan fingerprint density at radius 1 is 1.23 bits per heavy atom. The van der Waals surface area contributed by atoms with Gasteiger partial charge in [-0.05, 0) is 67.8 Å². The lowest BCUT2D eigenvalue weighted by molar-refractivity contribution is -0.116. The monoisotopic (exact) mass is 428 g/mol. The fourth-order valence-electron chi connectivity index (χ4n) is 3.35. The van der Waals surface area contributed by atoms with Crippen molar-refractivity contribution in [2.45, 2.75) is 33.3 Å². The van der Waals surface area contributed by atoms with Crippen molar-refractivity contribution in [2.24, 2.45) is 0 Å². The first kappa shape index (κ1) is 21.7. The van der Waals surface area contributed by atoms with Crippen LogP contribution in [0.15, 0.2) is 36.4 Å². The molecule has 1 heterocycles. The second-order valence-electron chi connectivity index (χ2n) is 7.29. The number of nitrogens with zero attached hydrogens (tertiary/aromatic N) is 1. The normalized spacial score (nSPS) is 12.9. The standard InChI is InChI=1S/C23H25ClN2O4/c1-14(2)30-23-19(24)11-16(12-21(23)29-4)5-8-22(28)25-18-6-7-20-17(13-18)9-10-26(20)15(3)27/h5-8,11-14H,9-10H2,1-4H3,(H,25,28)/b8-5+.